The van der Waals surface area contributed by atoms with E-state index in [2.05, 4.69) is 22.1 Å². The predicted molar refractivity (Wildman–Crippen MR) is 76.2 cm³/mol. The summed E-state index contributed by atoms with van der Waals surface area (Å²) in [6.45, 7) is 4.65. The fourth-order valence-corrected chi connectivity index (χ4v) is 1.58. The second kappa shape index (κ2) is 7.76. The van der Waals surface area contributed by atoms with Crippen molar-refractivity contribution in [3.8, 4) is 5.88 Å². The van der Waals surface area contributed by atoms with E-state index in [1.54, 1.807) is 0 Å². The van der Waals surface area contributed by atoms with Crippen molar-refractivity contribution in [2.45, 2.75) is 19.8 Å². The van der Waals surface area contributed by atoms with E-state index < -0.39 is 0 Å². The minimum atomic E-state index is 0.537. The molecule has 0 unspecified atom stereocenters. The summed E-state index contributed by atoms with van der Waals surface area (Å²) in [6, 6.07) is 3.77. The molecule has 0 saturated carbocycles. The maximum Gasteiger partial charge on any atom is 0.239 e. The van der Waals surface area contributed by atoms with Crippen LogP contribution in [0.4, 0.5) is 11.5 Å². The largest absolute Gasteiger partial charge is 0.476 e. The Bertz CT molecular complexity index is 357. The van der Waals surface area contributed by atoms with Crippen LogP contribution in [0.5, 0.6) is 5.88 Å². The van der Waals surface area contributed by atoms with Crippen molar-refractivity contribution in [1.29, 1.82) is 0 Å². The van der Waals surface area contributed by atoms with Crippen molar-refractivity contribution >= 4 is 11.5 Å². The number of nitrogen functional groups attached to an aromatic ring is 1. The maximum atomic E-state index is 5.84. The lowest BCUT2D eigenvalue weighted by molar-refractivity contribution is 0.307. The first-order chi connectivity index (χ1) is 8.69. The number of hydrogen-bond donors (Lipinski definition) is 2. The molecular formula is C13H24N4O. The molecule has 0 bridgehead atoms. The van der Waals surface area contributed by atoms with Gasteiger partial charge in [0, 0.05) is 13.6 Å². The third-order valence-corrected chi connectivity index (χ3v) is 2.63. The lowest BCUT2D eigenvalue weighted by Gasteiger charge is -2.19. The molecule has 0 aromatic carbocycles. The average Bonchev–Trinajstić information content (AvgIpc) is 2.38. The van der Waals surface area contributed by atoms with Gasteiger partial charge in [-0.25, -0.2) is 0 Å². The van der Waals surface area contributed by atoms with E-state index >= 15 is 0 Å². The molecule has 5 nitrogen and oxygen atoms in total. The molecule has 0 aliphatic heterocycles. The van der Waals surface area contributed by atoms with Gasteiger partial charge in [-0.15, -0.1) is 0 Å². The normalized spacial score (nSPS) is 10.4. The second-order valence-electron chi connectivity index (χ2n) is 4.29. The molecule has 1 rings (SSSR count). The van der Waals surface area contributed by atoms with Crippen LogP contribution in [-0.2, 0) is 0 Å². The molecule has 3 N–H and O–H groups in total. The average molecular weight is 252 g/mol. The van der Waals surface area contributed by atoms with Gasteiger partial charge in [0.2, 0.25) is 5.88 Å². The molecule has 0 fully saturated rings. The minimum absolute atomic E-state index is 0.537. The Hall–Kier alpha value is -1.49. The molecule has 0 radical (unpaired) electrons. The van der Waals surface area contributed by atoms with Crippen molar-refractivity contribution in [2.24, 2.45) is 0 Å². The smallest absolute Gasteiger partial charge is 0.239 e. The molecule has 0 aliphatic rings. The first-order valence-electron chi connectivity index (χ1n) is 6.44. The first kappa shape index (κ1) is 14.6. The summed E-state index contributed by atoms with van der Waals surface area (Å²) >= 11 is 0. The minimum Gasteiger partial charge on any atom is -0.476 e. The van der Waals surface area contributed by atoms with Crippen LogP contribution >= 0.6 is 0 Å². The molecule has 1 heterocycles. The molecule has 1 aromatic rings. The number of nitrogens with one attached hydrogen (secondary N) is 1. The van der Waals surface area contributed by atoms with Crippen LogP contribution in [0.2, 0.25) is 0 Å². The summed E-state index contributed by atoms with van der Waals surface area (Å²) in [6.07, 6.45) is 2.02. The van der Waals surface area contributed by atoms with E-state index in [9.17, 15) is 0 Å². The molecule has 0 aliphatic carbocycles. The van der Waals surface area contributed by atoms with E-state index in [-0.39, 0.29) is 0 Å². The third kappa shape index (κ3) is 4.41. The van der Waals surface area contributed by atoms with Crippen LogP contribution in [0.25, 0.3) is 0 Å². The topological polar surface area (TPSA) is 63.4 Å². The fourth-order valence-electron chi connectivity index (χ4n) is 1.58. The monoisotopic (exact) mass is 252 g/mol. The summed E-state index contributed by atoms with van der Waals surface area (Å²) in [4.78, 5) is 6.55. The Morgan fingerprint density at radius 1 is 1.44 bits per heavy atom. The lowest BCUT2D eigenvalue weighted by atomic mass is 10.3. The highest BCUT2D eigenvalue weighted by Gasteiger charge is 2.07. The van der Waals surface area contributed by atoms with Gasteiger partial charge < -0.3 is 20.7 Å². The van der Waals surface area contributed by atoms with Gasteiger partial charge in [-0.05, 0) is 38.6 Å². The van der Waals surface area contributed by atoms with Gasteiger partial charge >= 0.3 is 0 Å². The molecule has 5 heteroatoms. The number of hydrogen-bond acceptors (Lipinski definition) is 5. The van der Waals surface area contributed by atoms with E-state index in [4.69, 9.17) is 10.5 Å². The van der Waals surface area contributed by atoms with Crippen LogP contribution in [0, 0.1) is 0 Å². The lowest BCUT2D eigenvalue weighted by Crippen LogP contribution is -2.23. The van der Waals surface area contributed by atoms with Crippen molar-refractivity contribution in [2.75, 3.05) is 44.4 Å². The zero-order chi connectivity index (χ0) is 13.4. The highest BCUT2D eigenvalue weighted by molar-refractivity contribution is 5.54. The molecule has 0 spiro atoms. The highest BCUT2D eigenvalue weighted by Crippen LogP contribution is 2.22. The SMILES string of the molecule is CCCOc1nc(N(C)CCCNC)ccc1N. The van der Waals surface area contributed by atoms with Crippen molar-refractivity contribution in [3.63, 3.8) is 0 Å². The van der Waals surface area contributed by atoms with Crippen LogP contribution < -0.4 is 20.7 Å². The van der Waals surface area contributed by atoms with Gasteiger partial charge in [0.1, 0.15) is 5.82 Å². The Labute approximate surface area is 109 Å². The van der Waals surface area contributed by atoms with Crippen LogP contribution in [0.1, 0.15) is 19.8 Å². The summed E-state index contributed by atoms with van der Waals surface area (Å²) in [5.41, 5.74) is 6.43. The quantitative estimate of drug-likeness (QED) is 0.686. The first-order valence-corrected chi connectivity index (χ1v) is 6.44. The van der Waals surface area contributed by atoms with Gasteiger partial charge in [-0.1, -0.05) is 6.92 Å². The third-order valence-electron chi connectivity index (χ3n) is 2.63. The molecule has 102 valence electrons. The second-order valence-corrected chi connectivity index (χ2v) is 4.29. The Morgan fingerprint density at radius 3 is 2.89 bits per heavy atom. The number of nitrogens with zero attached hydrogens (tertiary/aromatic N) is 2. The maximum absolute atomic E-state index is 5.84. The van der Waals surface area contributed by atoms with E-state index in [1.165, 1.54) is 0 Å². The van der Waals surface area contributed by atoms with E-state index in [0.717, 1.165) is 31.7 Å². The number of nitrogens with two attached hydrogens (primary N) is 1. The molecule has 0 atom stereocenters. The number of ether oxygens (including phenoxy) is 1. The molecule has 1 aromatic heterocycles. The highest BCUT2D eigenvalue weighted by atomic mass is 16.5. The Balaban J connectivity index is 2.64. The predicted octanol–water partition coefficient (Wildman–Crippen LogP) is 1.50. The van der Waals surface area contributed by atoms with Crippen molar-refractivity contribution < 1.29 is 4.74 Å². The number of pyridine rings is 1. The van der Waals surface area contributed by atoms with E-state index in [1.807, 2.05) is 26.2 Å². The van der Waals surface area contributed by atoms with Gasteiger partial charge in [-0.3, -0.25) is 0 Å². The summed E-state index contributed by atoms with van der Waals surface area (Å²) in [5, 5.41) is 3.13. The zero-order valence-corrected chi connectivity index (χ0v) is 11.6. The zero-order valence-electron chi connectivity index (χ0n) is 11.6. The van der Waals surface area contributed by atoms with Gasteiger partial charge in [0.05, 0.1) is 12.3 Å². The van der Waals surface area contributed by atoms with Gasteiger partial charge in [0.25, 0.3) is 0 Å². The number of rotatable bonds is 8. The number of anilines is 2. The summed E-state index contributed by atoms with van der Waals surface area (Å²) in [5.74, 6) is 1.43. The van der Waals surface area contributed by atoms with Crippen LogP contribution in [0.15, 0.2) is 12.1 Å². The Morgan fingerprint density at radius 2 is 2.22 bits per heavy atom. The van der Waals surface area contributed by atoms with Crippen molar-refractivity contribution in [1.82, 2.24) is 10.3 Å². The Kier molecular flexibility index (Phi) is 6.28. The summed E-state index contributed by atoms with van der Waals surface area (Å²) in [7, 11) is 3.98. The molecule has 18 heavy (non-hydrogen) atoms. The van der Waals surface area contributed by atoms with Crippen LogP contribution in [0.3, 0.4) is 0 Å². The summed E-state index contributed by atoms with van der Waals surface area (Å²) < 4.78 is 5.53. The van der Waals surface area contributed by atoms with Crippen molar-refractivity contribution in [3.05, 3.63) is 12.1 Å². The molecular weight excluding hydrogens is 228 g/mol. The van der Waals surface area contributed by atoms with Gasteiger partial charge in [-0.2, -0.15) is 4.98 Å². The number of aromatic nitrogens is 1. The molecule has 0 amide bonds. The standard InChI is InChI=1S/C13H24N4O/c1-4-10-18-13-11(14)6-7-12(16-13)17(3)9-5-8-15-2/h6-7,15H,4-5,8-10,14H2,1-3H3. The van der Waals surface area contributed by atoms with E-state index in [0.29, 0.717) is 18.2 Å². The fraction of sp³-hybridized carbons (Fsp3) is 0.615. The van der Waals surface area contributed by atoms with Crippen LogP contribution in [-0.4, -0.2) is 38.8 Å². The van der Waals surface area contributed by atoms with Gasteiger partial charge in [0.15, 0.2) is 0 Å². The molecule has 0 saturated heterocycles.